The zero-order chi connectivity index (χ0) is 27.9. The molecule has 4 fully saturated rings. The molecular formula is C30H45N7O2. The number of nitrogens with zero attached hydrogens (tertiary/aromatic N) is 7. The first-order chi connectivity index (χ1) is 18.6. The molecule has 1 unspecified atom stereocenters. The third-order valence-corrected chi connectivity index (χ3v) is 10.0. The number of piperidine rings is 3. The number of pyridine rings is 1. The number of carbonyl (C=O) groups is 2. The van der Waals surface area contributed by atoms with Crippen LogP contribution in [0.4, 0.5) is 4.79 Å². The third kappa shape index (κ3) is 5.38. The number of nitriles is 1. The van der Waals surface area contributed by atoms with E-state index in [0.29, 0.717) is 29.0 Å². The van der Waals surface area contributed by atoms with E-state index in [9.17, 15) is 14.9 Å². The van der Waals surface area contributed by atoms with Gasteiger partial charge in [-0.25, -0.2) is 9.78 Å². The van der Waals surface area contributed by atoms with Gasteiger partial charge in [0.1, 0.15) is 11.8 Å². The van der Waals surface area contributed by atoms with Gasteiger partial charge in [-0.05, 0) is 98.0 Å². The summed E-state index contributed by atoms with van der Waals surface area (Å²) < 4.78 is 0. The highest BCUT2D eigenvalue weighted by molar-refractivity contribution is 5.96. The second kappa shape index (κ2) is 11.1. The monoisotopic (exact) mass is 535 g/mol. The number of rotatable bonds is 4. The van der Waals surface area contributed by atoms with Crippen LogP contribution in [0.25, 0.3) is 0 Å². The number of aryl methyl sites for hydroxylation is 2. The summed E-state index contributed by atoms with van der Waals surface area (Å²) in [6, 6.07) is 5.03. The molecule has 4 saturated heterocycles. The Kier molecular flexibility index (Phi) is 7.89. The zero-order valence-corrected chi connectivity index (χ0v) is 24.4. The van der Waals surface area contributed by atoms with E-state index in [1.807, 2.05) is 18.7 Å². The largest absolute Gasteiger partial charge is 0.338 e. The van der Waals surface area contributed by atoms with Crippen LogP contribution in [-0.2, 0) is 0 Å². The van der Waals surface area contributed by atoms with Gasteiger partial charge < -0.3 is 19.6 Å². The van der Waals surface area contributed by atoms with E-state index in [4.69, 9.17) is 0 Å². The minimum atomic E-state index is 0.0263. The van der Waals surface area contributed by atoms with Crippen molar-refractivity contribution in [2.24, 2.45) is 0 Å². The van der Waals surface area contributed by atoms with Crippen molar-refractivity contribution in [1.29, 1.82) is 5.26 Å². The van der Waals surface area contributed by atoms with E-state index >= 15 is 0 Å². The van der Waals surface area contributed by atoms with E-state index in [-0.39, 0.29) is 23.5 Å². The molecule has 0 saturated carbocycles. The number of hydrogen-bond donors (Lipinski definition) is 0. The van der Waals surface area contributed by atoms with E-state index in [0.717, 1.165) is 89.9 Å². The lowest BCUT2D eigenvalue weighted by molar-refractivity contribution is 0.00547. The molecule has 1 atom stereocenters. The fraction of sp³-hybridized carbons (Fsp3) is 0.733. The molecule has 0 N–H and O–H groups in total. The summed E-state index contributed by atoms with van der Waals surface area (Å²) in [4.78, 5) is 42.5. The lowest BCUT2D eigenvalue weighted by atomic mass is 9.85. The Hall–Kier alpha value is -2.70. The van der Waals surface area contributed by atoms with Crippen LogP contribution in [0, 0.1) is 25.2 Å². The molecule has 3 amide bonds. The maximum absolute atomic E-state index is 13.5. The van der Waals surface area contributed by atoms with Crippen LogP contribution in [0.2, 0.25) is 0 Å². The van der Waals surface area contributed by atoms with Gasteiger partial charge in [0, 0.05) is 56.4 Å². The van der Waals surface area contributed by atoms with Crippen LogP contribution in [-0.4, -0.2) is 118 Å². The molecule has 4 aliphatic heterocycles. The van der Waals surface area contributed by atoms with Crippen molar-refractivity contribution in [2.75, 3.05) is 52.9 Å². The predicted octanol–water partition coefficient (Wildman–Crippen LogP) is 3.25. The molecule has 9 nitrogen and oxygen atoms in total. The number of urea groups is 1. The first kappa shape index (κ1) is 27.9. The number of amides is 3. The summed E-state index contributed by atoms with van der Waals surface area (Å²) in [5.74, 6) is 0.0263. The maximum atomic E-state index is 13.5. The highest BCUT2D eigenvalue weighted by Crippen LogP contribution is 2.35. The molecule has 0 aliphatic carbocycles. The van der Waals surface area contributed by atoms with Crippen LogP contribution in [0.15, 0.2) is 6.07 Å². The Morgan fingerprint density at radius 1 is 1.03 bits per heavy atom. The van der Waals surface area contributed by atoms with Crippen molar-refractivity contribution >= 4 is 11.9 Å². The Bertz CT molecular complexity index is 1100. The van der Waals surface area contributed by atoms with Gasteiger partial charge in [0.25, 0.3) is 5.91 Å². The van der Waals surface area contributed by atoms with Crippen LogP contribution in [0.1, 0.15) is 79.7 Å². The molecular weight excluding hydrogens is 490 g/mol. The standard InChI is InChI=1S/C30H45N7O2/c1-21-18-24(19-31)32-23(3)27(21)28(38)34-16-10-30(4,11-17-34)35-14-8-26(9-15-35)37-22(2)20-36(29(37)39)25-6-12-33(5)13-7-25/h18,22,25-26H,6-17,20H2,1-5H3. The molecule has 1 aromatic rings. The van der Waals surface area contributed by atoms with Gasteiger partial charge in [0.2, 0.25) is 0 Å². The zero-order valence-electron chi connectivity index (χ0n) is 24.4. The van der Waals surface area contributed by atoms with Crippen molar-refractivity contribution < 1.29 is 9.59 Å². The van der Waals surface area contributed by atoms with Crippen molar-refractivity contribution in [2.45, 2.75) is 89.9 Å². The van der Waals surface area contributed by atoms with E-state index in [2.05, 4.69) is 51.5 Å². The highest BCUT2D eigenvalue weighted by Gasteiger charge is 2.45. The van der Waals surface area contributed by atoms with Crippen LogP contribution < -0.4 is 0 Å². The van der Waals surface area contributed by atoms with Crippen molar-refractivity contribution in [3.63, 3.8) is 0 Å². The Balaban J connectivity index is 1.15. The molecule has 4 aliphatic rings. The highest BCUT2D eigenvalue weighted by atomic mass is 16.2. The van der Waals surface area contributed by atoms with Gasteiger partial charge in [0.15, 0.2) is 0 Å². The van der Waals surface area contributed by atoms with Gasteiger partial charge in [-0.2, -0.15) is 5.26 Å². The van der Waals surface area contributed by atoms with Gasteiger partial charge in [-0.1, -0.05) is 0 Å². The third-order valence-electron chi connectivity index (χ3n) is 10.0. The predicted molar refractivity (Wildman–Crippen MR) is 150 cm³/mol. The number of likely N-dealkylation sites (tertiary alicyclic amines) is 3. The topological polar surface area (TPSA) is 87.0 Å². The summed E-state index contributed by atoms with van der Waals surface area (Å²) in [7, 11) is 2.17. The molecule has 0 aromatic carbocycles. The molecule has 212 valence electrons. The van der Waals surface area contributed by atoms with Gasteiger partial charge in [-0.15, -0.1) is 0 Å². The lowest BCUT2D eigenvalue weighted by Crippen LogP contribution is -2.58. The molecule has 9 heteroatoms. The SMILES string of the molecule is Cc1cc(C#N)nc(C)c1C(=O)N1CCC(C)(N2CCC(N3C(=O)N(C4CCN(C)CC4)CC3C)CC2)CC1. The van der Waals surface area contributed by atoms with Crippen molar-refractivity contribution in [1.82, 2.24) is 29.5 Å². The first-order valence-corrected chi connectivity index (χ1v) is 14.8. The molecule has 0 radical (unpaired) electrons. The van der Waals surface area contributed by atoms with E-state index < -0.39 is 0 Å². The summed E-state index contributed by atoms with van der Waals surface area (Å²) in [6.07, 6.45) is 6.08. The van der Waals surface area contributed by atoms with Gasteiger partial charge in [-0.3, -0.25) is 9.69 Å². The van der Waals surface area contributed by atoms with Crippen LogP contribution in [0.5, 0.6) is 0 Å². The molecule has 5 heterocycles. The van der Waals surface area contributed by atoms with Crippen molar-refractivity contribution in [3.8, 4) is 6.07 Å². The molecule has 5 rings (SSSR count). The summed E-state index contributed by atoms with van der Waals surface area (Å²) in [6.45, 7) is 14.7. The van der Waals surface area contributed by atoms with Crippen LogP contribution >= 0.6 is 0 Å². The van der Waals surface area contributed by atoms with Crippen LogP contribution in [0.3, 0.4) is 0 Å². The molecule has 0 bridgehead atoms. The average Bonchev–Trinajstić information content (AvgIpc) is 3.22. The van der Waals surface area contributed by atoms with Crippen molar-refractivity contribution in [3.05, 3.63) is 28.6 Å². The quantitative estimate of drug-likeness (QED) is 0.588. The molecule has 39 heavy (non-hydrogen) atoms. The number of carbonyl (C=O) groups excluding carboxylic acids is 2. The fourth-order valence-corrected chi connectivity index (χ4v) is 7.48. The van der Waals surface area contributed by atoms with Gasteiger partial charge in [0.05, 0.1) is 11.3 Å². The second-order valence-corrected chi connectivity index (χ2v) is 12.6. The summed E-state index contributed by atoms with van der Waals surface area (Å²) in [5.41, 5.74) is 2.51. The second-order valence-electron chi connectivity index (χ2n) is 12.6. The minimum Gasteiger partial charge on any atom is -0.338 e. The fourth-order valence-electron chi connectivity index (χ4n) is 7.48. The smallest absolute Gasteiger partial charge is 0.320 e. The number of hydrogen-bond acceptors (Lipinski definition) is 6. The number of aromatic nitrogens is 1. The maximum Gasteiger partial charge on any atom is 0.320 e. The van der Waals surface area contributed by atoms with Gasteiger partial charge >= 0.3 is 6.03 Å². The van der Waals surface area contributed by atoms with E-state index in [1.165, 1.54) is 0 Å². The van der Waals surface area contributed by atoms with E-state index in [1.54, 1.807) is 6.07 Å². The summed E-state index contributed by atoms with van der Waals surface area (Å²) in [5, 5.41) is 9.19. The Labute approximate surface area is 233 Å². The summed E-state index contributed by atoms with van der Waals surface area (Å²) >= 11 is 0. The molecule has 0 spiro atoms. The lowest BCUT2D eigenvalue weighted by Gasteiger charge is -2.50. The Morgan fingerprint density at radius 3 is 2.23 bits per heavy atom. The normalized spacial score (nSPS) is 25.8. The Morgan fingerprint density at radius 2 is 1.64 bits per heavy atom. The molecule has 1 aromatic heterocycles. The minimum absolute atomic E-state index is 0.0263. The first-order valence-electron chi connectivity index (χ1n) is 14.8. The average molecular weight is 536 g/mol.